The van der Waals surface area contributed by atoms with Gasteiger partial charge in [0.1, 0.15) is 5.82 Å². The molecule has 2 aromatic carbocycles. The van der Waals surface area contributed by atoms with Gasteiger partial charge in [0.15, 0.2) is 0 Å². The average Bonchev–Trinajstić information content (AvgIpc) is 3.29. The number of benzene rings is 2. The standard InChI is InChI=1S/C18H19BrFN/c19-16-6-4-14(5-7-16)15(12-21-18-8-9-18)10-13-2-1-3-17(20)11-13/h1-7,11,15,18,21H,8-10,12H2. The second-order valence-corrected chi connectivity index (χ2v) is 6.68. The van der Waals surface area contributed by atoms with Crippen molar-refractivity contribution < 1.29 is 4.39 Å². The topological polar surface area (TPSA) is 12.0 Å². The van der Waals surface area contributed by atoms with Crippen LogP contribution in [0.25, 0.3) is 0 Å². The Hall–Kier alpha value is -1.19. The van der Waals surface area contributed by atoms with Gasteiger partial charge in [0.25, 0.3) is 0 Å². The summed E-state index contributed by atoms with van der Waals surface area (Å²) in [5.41, 5.74) is 2.36. The number of hydrogen-bond donors (Lipinski definition) is 1. The van der Waals surface area contributed by atoms with E-state index >= 15 is 0 Å². The maximum absolute atomic E-state index is 13.4. The molecule has 1 N–H and O–H groups in total. The van der Waals surface area contributed by atoms with Crippen LogP contribution in [-0.4, -0.2) is 12.6 Å². The van der Waals surface area contributed by atoms with E-state index in [1.54, 1.807) is 12.1 Å². The fraction of sp³-hybridized carbons (Fsp3) is 0.333. The summed E-state index contributed by atoms with van der Waals surface area (Å²) in [5.74, 6) is 0.220. The fourth-order valence-corrected chi connectivity index (χ4v) is 2.85. The second kappa shape index (κ2) is 6.71. The first-order valence-corrected chi connectivity index (χ1v) is 8.23. The smallest absolute Gasteiger partial charge is 0.123 e. The predicted octanol–water partition coefficient (Wildman–Crippen LogP) is 4.67. The van der Waals surface area contributed by atoms with Gasteiger partial charge in [-0.25, -0.2) is 4.39 Å². The summed E-state index contributed by atoms with van der Waals surface area (Å²) in [6, 6.07) is 16.1. The minimum absolute atomic E-state index is 0.155. The molecule has 1 aliphatic carbocycles. The highest BCUT2D eigenvalue weighted by atomic mass is 79.9. The summed E-state index contributed by atoms with van der Waals surface area (Å²) in [5, 5.41) is 3.60. The Morgan fingerprint density at radius 2 is 1.90 bits per heavy atom. The van der Waals surface area contributed by atoms with Crippen molar-refractivity contribution in [3.63, 3.8) is 0 Å². The third-order valence-electron chi connectivity index (χ3n) is 3.94. The van der Waals surface area contributed by atoms with E-state index in [-0.39, 0.29) is 5.82 Å². The Bertz CT molecular complexity index is 592. The Balaban J connectivity index is 1.75. The number of halogens is 2. The minimum atomic E-state index is -0.155. The molecule has 110 valence electrons. The highest BCUT2D eigenvalue weighted by Gasteiger charge is 2.22. The SMILES string of the molecule is Fc1cccc(CC(CNC2CC2)c2ccc(Br)cc2)c1. The van der Waals surface area contributed by atoms with Crippen LogP contribution in [0.1, 0.15) is 29.9 Å². The summed E-state index contributed by atoms with van der Waals surface area (Å²) < 4.78 is 14.5. The lowest BCUT2D eigenvalue weighted by Gasteiger charge is -2.18. The molecule has 2 aromatic rings. The molecule has 1 nitrogen and oxygen atoms in total. The third-order valence-corrected chi connectivity index (χ3v) is 4.47. The van der Waals surface area contributed by atoms with Crippen molar-refractivity contribution in [3.05, 3.63) is 69.9 Å². The summed E-state index contributed by atoms with van der Waals surface area (Å²) in [6.45, 7) is 0.947. The molecule has 1 saturated carbocycles. The molecule has 3 heteroatoms. The fourth-order valence-electron chi connectivity index (χ4n) is 2.59. The summed E-state index contributed by atoms with van der Waals surface area (Å²) in [4.78, 5) is 0. The van der Waals surface area contributed by atoms with E-state index in [2.05, 4.69) is 45.5 Å². The van der Waals surface area contributed by atoms with Crippen LogP contribution < -0.4 is 5.32 Å². The van der Waals surface area contributed by atoms with Crippen molar-refractivity contribution in [2.75, 3.05) is 6.54 Å². The molecule has 0 amide bonds. The quantitative estimate of drug-likeness (QED) is 0.800. The molecule has 0 radical (unpaired) electrons. The van der Waals surface area contributed by atoms with E-state index in [0.29, 0.717) is 12.0 Å². The van der Waals surface area contributed by atoms with Crippen LogP contribution in [0.2, 0.25) is 0 Å². The van der Waals surface area contributed by atoms with Gasteiger partial charge in [-0.3, -0.25) is 0 Å². The lowest BCUT2D eigenvalue weighted by atomic mass is 9.92. The predicted molar refractivity (Wildman–Crippen MR) is 88.0 cm³/mol. The maximum Gasteiger partial charge on any atom is 0.123 e. The normalized spacial score (nSPS) is 15.9. The van der Waals surface area contributed by atoms with Crippen molar-refractivity contribution in [1.29, 1.82) is 0 Å². The number of hydrogen-bond acceptors (Lipinski definition) is 1. The Morgan fingerprint density at radius 1 is 1.14 bits per heavy atom. The monoisotopic (exact) mass is 347 g/mol. The second-order valence-electron chi connectivity index (χ2n) is 5.77. The van der Waals surface area contributed by atoms with E-state index in [9.17, 15) is 4.39 Å². The summed E-state index contributed by atoms with van der Waals surface area (Å²) in [6.07, 6.45) is 3.43. The molecule has 1 atom stereocenters. The van der Waals surface area contributed by atoms with Crippen molar-refractivity contribution in [2.45, 2.75) is 31.2 Å². The Labute approximate surface area is 133 Å². The van der Waals surface area contributed by atoms with Gasteiger partial charge in [-0.2, -0.15) is 0 Å². The molecule has 1 unspecified atom stereocenters. The van der Waals surface area contributed by atoms with Crippen LogP contribution in [0.5, 0.6) is 0 Å². The first-order valence-electron chi connectivity index (χ1n) is 7.44. The van der Waals surface area contributed by atoms with Crippen molar-refractivity contribution in [1.82, 2.24) is 5.32 Å². The molecular formula is C18H19BrFN. The molecule has 0 heterocycles. The molecule has 1 fully saturated rings. The number of nitrogens with one attached hydrogen (secondary N) is 1. The third kappa shape index (κ3) is 4.39. The molecule has 0 aliphatic heterocycles. The van der Waals surface area contributed by atoms with Gasteiger partial charge < -0.3 is 5.32 Å². The zero-order chi connectivity index (χ0) is 14.7. The lowest BCUT2D eigenvalue weighted by molar-refractivity contribution is 0.573. The highest BCUT2D eigenvalue weighted by Crippen LogP contribution is 2.25. The molecule has 0 aromatic heterocycles. The van der Waals surface area contributed by atoms with Gasteiger partial charge in [-0.05, 0) is 54.7 Å². The molecule has 21 heavy (non-hydrogen) atoms. The molecule has 0 saturated heterocycles. The average molecular weight is 348 g/mol. The van der Waals surface area contributed by atoms with Crippen LogP contribution in [0.4, 0.5) is 4.39 Å². The van der Waals surface area contributed by atoms with Crippen LogP contribution in [0.3, 0.4) is 0 Å². The zero-order valence-corrected chi connectivity index (χ0v) is 13.4. The van der Waals surface area contributed by atoms with E-state index < -0.39 is 0 Å². The molecule has 0 spiro atoms. The van der Waals surface area contributed by atoms with Crippen molar-refractivity contribution in [2.24, 2.45) is 0 Å². The van der Waals surface area contributed by atoms with Gasteiger partial charge in [0, 0.05) is 23.0 Å². The van der Waals surface area contributed by atoms with Gasteiger partial charge in [-0.15, -0.1) is 0 Å². The lowest BCUT2D eigenvalue weighted by Crippen LogP contribution is -2.24. The summed E-state index contributed by atoms with van der Waals surface area (Å²) >= 11 is 3.48. The van der Waals surface area contributed by atoms with Crippen LogP contribution in [-0.2, 0) is 6.42 Å². The van der Waals surface area contributed by atoms with Crippen molar-refractivity contribution in [3.8, 4) is 0 Å². The number of rotatable bonds is 6. The maximum atomic E-state index is 13.4. The van der Waals surface area contributed by atoms with Crippen LogP contribution >= 0.6 is 15.9 Å². The Morgan fingerprint density at radius 3 is 2.57 bits per heavy atom. The van der Waals surface area contributed by atoms with E-state index in [1.165, 1.54) is 24.5 Å². The van der Waals surface area contributed by atoms with Gasteiger partial charge in [0.05, 0.1) is 0 Å². The summed E-state index contributed by atoms with van der Waals surface area (Å²) in [7, 11) is 0. The largest absolute Gasteiger partial charge is 0.313 e. The van der Waals surface area contributed by atoms with E-state index in [0.717, 1.165) is 23.0 Å². The minimum Gasteiger partial charge on any atom is -0.313 e. The highest BCUT2D eigenvalue weighted by molar-refractivity contribution is 9.10. The zero-order valence-electron chi connectivity index (χ0n) is 11.9. The molecular weight excluding hydrogens is 329 g/mol. The first kappa shape index (κ1) is 14.7. The molecule has 1 aliphatic rings. The van der Waals surface area contributed by atoms with Crippen LogP contribution in [0, 0.1) is 5.82 Å². The van der Waals surface area contributed by atoms with Crippen LogP contribution in [0.15, 0.2) is 53.0 Å². The molecule has 0 bridgehead atoms. The van der Waals surface area contributed by atoms with E-state index in [4.69, 9.17) is 0 Å². The van der Waals surface area contributed by atoms with Gasteiger partial charge >= 0.3 is 0 Å². The van der Waals surface area contributed by atoms with Gasteiger partial charge in [0.2, 0.25) is 0 Å². The first-order chi connectivity index (χ1) is 10.2. The van der Waals surface area contributed by atoms with Crippen molar-refractivity contribution >= 4 is 15.9 Å². The van der Waals surface area contributed by atoms with Gasteiger partial charge in [-0.1, -0.05) is 40.2 Å². The molecule has 3 rings (SSSR count). The van der Waals surface area contributed by atoms with E-state index in [1.807, 2.05) is 6.07 Å². The Kier molecular flexibility index (Phi) is 4.71.